The minimum absolute atomic E-state index is 0.0983. The van der Waals surface area contributed by atoms with Gasteiger partial charge in [-0.05, 0) is 12.1 Å². The predicted molar refractivity (Wildman–Crippen MR) is 60.4 cm³/mol. The molecule has 1 rings (SSSR count). The number of hydrogen-bond donors (Lipinski definition) is 0. The average molecular weight is 271 g/mol. The number of halogens is 1. The van der Waals surface area contributed by atoms with E-state index in [1.54, 1.807) is 26.2 Å². The van der Waals surface area contributed by atoms with Gasteiger partial charge in [0.1, 0.15) is 5.69 Å². The number of nitrogens with zero attached hydrogens (tertiary/aromatic N) is 2. The Balaban J connectivity index is 2.90. The van der Waals surface area contributed by atoms with Crippen LogP contribution in [0.2, 0.25) is 0 Å². The molecule has 0 unspecified atom stereocenters. The van der Waals surface area contributed by atoms with E-state index in [2.05, 4.69) is 20.9 Å². The van der Waals surface area contributed by atoms with Gasteiger partial charge in [-0.15, -0.1) is 0 Å². The molecule has 15 heavy (non-hydrogen) atoms. The monoisotopic (exact) mass is 270 g/mol. The van der Waals surface area contributed by atoms with Gasteiger partial charge in [-0.2, -0.15) is 0 Å². The van der Waals surface area contributed by atoms with Crippen LogP contribution >= 0.6 is 15.9 Å². The molecule has 0 bridgehead atoms. The topological polar surface area (TPSA) is 50.3 Å². The first kappa shape index (κ1) is 11.8. The predicted octanol–water partition coefficient (Wildman–Crippen LogP) is 1.36. The van der Waals surface area contributed by atoms with Crippen molar-refractivity contribution in [3.8, 4) is 0 Å². The Labute approximate surface area is 96.4 Å². The molecule has 0 saturated heterocycles. The Hall–Kier alpha value is -1.23. The standard InChI is InChI=1S/C10H11BrN2O2/c1-13(2)10(15)7-3-4-8(12-6-7)9(14)5-11/h3-4,6H,5H2,1-2H3. The van der Waals surface area contributed by atoms with Crippen LogP contribution in [0, 0.1) is 0 Å². The summed E-state index contributed by atoms with van der Waals surface area (Å²) >= 11 is 3.06. The van der Waals surface area contributed by atoms with Gasteiger partial charge < -0.3 is 4.90 Å². The molecule has 0 aliphatic carbocycles. The Morgan fingerprint density at radius 3 is 2.47 bits per heavy atom. The molecule has 0 aliphatic heterocycles. The summed E-state index contributed by atoms with van der Waals surface area (Å²) < 4.78 is 0. The fourth-order valence-corrected chi connectivity index (χ4v) is 1.30. The van der Waals surface area contributed by atoms with Gasteiger partial charge in [-0.25, -0.2) is 0 Å². The van der Waals surface area contributed by atoms with Crippen LogP contribution in [0.25, 0.3) is 0 Å². The normalized spacial score (nSPS) is 9.80. The van der Waals surface area contributed by atoms with Crippen LogP contribution in [0.1, 0.15) is 20.8 Å². The zero-order valence-electron chi connectivity index (χ0n) is 8.53. The number of ketones is 1. The van der Waals surface area contributed by atoms with Crippen LogP contribution in [0.4, 0.5) is 0 Å². The van der Waals surface area contributed by atoms with Crippen molar-refractivity contribution in [2.45, 2.75) is 0 Å². The summed E-state index contributed by atoms with van der Waals surface area (Å²) in [6.45, 7) is 0. The number of carbonyl (C=O) groups excluding carboxylic acids is 2. The molecular weight excluding hydrogens is 260 g/mol. The van der Waals surface area contributed by atoms with Crippen molar-refractivity contribution in [3.63, 3.8) is 0 Å². The van der Waals surface area contributed by atoms with Crippen molar-refractivity contribution in [2.24, 2.45) is 0 Å². The molecule has 1 aromatic heterocycles. The lowest BCUT2D eigenvalue weighted by atomic mass is 10.2. The lowest BCUT2D eigenvalue weighted by molar-refractivity contribution is 0.0826. The number of pyridine rings is 1. The number of alkyl halides is 1. The molecule has 1 heterocycles. The molecule has 0 spiro atoms. The maximum Gasteiger partial charge on any atom is 0.254 e. The summed E-state index contributed by atoms with van der Waals surface area (Å²) in [5.74, 6) is -0.223. The van der Waals surface area contributed by atoms with E-state index in [9.17, 15) is 9.59 Å². The molecule has 0 aliphatic rings. The van der Waals surface area contributed by atoms with E-state index < -0.39 is 0 Å². The van der Waals surface area contributed by atoms with Crippen LogP contribution < -0.4 is 0 Å². The van der Waals surface area contributed by atoms with E-state index >= 15 is 0 Å². The first-order chi connectivity index (χ1) is 7.06. The second kappa shape index (κ2) is 5.02. The maximum absolute atomic E-state index is 11.5. The highest BCUT2D eigenvalue weighted by molar-refractivity contribution is 9.09. The lowest BCUT2D eigenvalue weighted by Gasteiger charge is -2.09. The number of carbonyl (C=O) groups is 2. The first-order valence-electron chi connectivity index (χ1n) is 4.33. The van der Waals surface area contributed by atoms with Crippen LogP contribution in [-0.2, 0) is 0 Å². The first-order valence-corrected chi connectivity index (χ1v) is 5.45. The second-order valence-corrected chi connectivity index (χ2v) is 3.75. The van der Waals surface area contributed by atoms with Crippen molar-refractivity contribution in [1.82, 2.24) is 9.88 Å². The van der Waals surface area contributed by atoms with Crippen LogP contribution in [0.5, 0.6) is 0 Å². The molecule has 1 amide bonds. The smallest absolute Gasteiger partial charge is 0.254 e. The number of amides is 1. The molecule has 0 N–H and O–H groups in total. The number of hydrogen-bond acceptors (Lipinski definition) is 3. The summed E-state index contributed by atoms with van der Waals surface area (Å²) in [6.07, 6.45) is 1.41. The Kier molecular flexibility index (Phi) is 3.96. The van der Waals surface area contributed by atoms with Gasteiger partial charge in [0.2, 0.25) is 0 Å². The lowest BCUT2D eigenvalue weighted by Crippen LogP contribution is -2.22. The summed E-state index contributed by atoms with van der Waals surface area (Å²) in [7, 11) is 3.33. The molecular formula is C10H11BrN2O2. The van der Waals surface area contributed by atoms with E-state index in [4.69, 9.17) is 0 Å². The molecule has 5 heteroatoms. The largest absolute Gasteiger partial charge is 0.345 e. The fourth-order valence-electron chi connectivity index (χ4n) is 1.01. The molecule has 1 aromatic rings. The number of aromatic nitrogens is 1. The minimum Gasteiger partial charge on any atom is -0.345 e. The molecule has 4 nitrogen and oxygen atoms in total. The van der Waals surface area contributed by atoms with Gasteiger partial charge in [0.15, 0.2) is 5.78 Å². The highest BCUT2D eigenvalue weighted by atomic mass is 79.9. The molecule has 0 fully saturated rings. The average Bonchev–Trinajstić information content (AvgIpc) is 2.27. The van der Waals surface area contributed by atoms with E-state index in [1.165, 1.54) is 11.1 Å². The van der Waals surface area contributed by atoms with Crippen molar-refractivity contribution in [3.05, 3.63) is 29.6 Å². The highest BCUT2D eigenvalue weighted by Crippen LogP contribution is 2.04. The minimum atomic E-state index is -0.125. The molecule has 0 saturated carbocycles. The SMILES string of the molecule is CN(C)C(=O)c1ccc(C(=O)CBr)nc1. The van der Waals surface area contributed by atoms with Crippen molar-refractivity contribution in [2.75, 3.05) is 19.4 Å². The third-order valence-electron chi connectivity index (χ3n) is 1.82. The molecule has 80 valence electrons. The highest BCUT2D eigenvalue weighted by Gasteiger charge is 2.10. The summed E-state index contributed by atoms with van der Waals surface area (Å²) in [5, 5.41) is 0.237. The Morgan fingerprint density at radius 2 is 2.07 bits per heavy atom. The molecule has 0 atom stereocenters. The van der Waals surface area contributed by atoms with E-state index in [1.807, 2.05) is 0 Å². The van der Waals surface area contributed by atoms with Crippen molar-refractivity contribution in [1.29, 1.82) is 0 Å². The van der Waals surface area contributed by atoms with Crippen molar-refractivity contribution >= 4 is 27.6 Å². The van der Waals surface area contributed by atoms with E-state index in [0.29, 0.717) is 11.3 Å². The second-order valence-electron chi connectivity index (χ2n) is 3.19. The molecule has 0 aromatic carbocycles. The summed E-state index contributed by atoms with van der Waals surface area (Å²) in [4.78, 5) is 28.1. The van der Waals surface area contributed by atoms with Crippen LogP contribution in [0.15, 0.2) is 18.3 Å². The number of rotatable bonds is 3. The van der Waals surface area contributed by atoms with Crippen LogP contribution in [0.3, 0.4) is 0 Å². The zero-order valence-corrected chi connectivity index (χ0v) is 10.1. The summed E-state index contributed by atoms with van der Waals surface area (Å²) in [5.41, 5.74) is 0.841. The zero-order chi connectivity index (χ0) is 11.4. The van der Waals surface area contributed by atoms with Gasteiger partial charge in [0.05, 0.1) is 10.9 Å². The van der Waals surface area contributed by atoms with E-state index in [-0.39, 0.29) is 17.0 Å². The fraction of sp³-hybridized carbons (Fsp3) is 0.300. The Bertz CT molecular complexity index is 374. The van der Waals surface area contributed by atoms with Gasteiger partial charge >= 0.3 is 0 Å². The van der Waals surface area contributed by atoms with Gasteiger partial charge in [-0.1, -0.05) is 15.9 Å². The van der Waals surface area contributed by atoms with Crippen molar-refractivity contribution < 1.29 is 9.59 Å². The van der Waals surface area contributed by atoms with E-state index in [0.717, 1.165) is 0 Å². The van der Waals surface area contributed by atoms with Crippen LogP contribution in [-0.4, -0.2) is 41.0 Å². The quantitative estimate of drug-likeness (QED) is 0.616. The Morgan fingerprint density at radius 1 is 1.40 bits per heavy atom. The maximum atomic E-state index is 11.5. The number of Topliss-reactive ketones (excluding diaryl/α,β-unsaturated/α-hetero) is 1. The van der Waals surface area contributed by atoms with Gasteiger partial charge in [0, 0.05) is 20.3 Å². The van der Waals surface area contributed by atoms with Gasteiger partial charge in [0.25, 0.3) is 5.91 Å². The molecule has 0 radical (unpaired) electrons. The third-order valence-corrected chi connectivity index (χ3v) is 2.33. The summed E-state index contributed by atoms with van der Waals surface area (Å²) in [6, 6.07) is 3.16. The van der Waals surface area contributed by atoms with Gasteiger partial charge in [-0.3, -0.25) is 14.6 Å². The third kappa shape index (κ3) is 2.86.